The number of rotatable bonds is 7. The fraction of sp³-hybridized carbons (Fsp3) is 0.480. The van der Waals surface area contributed by atoms with Crippen LogP contribution in [0.4, 0.5) is 5.69 Å². The SMILES string of the molecule is CC[C@@H](Oc1cccc(C)c1)C(=O)N[C@H](C)c1ccc(N2CCC[C@@H](C)C2)cc1. The van der Waals surface area contributed by atoms with Gasteiger partial charge in [-0.05, 0) is 74.4 Å². The fourth-order valence-corrected chi connectivity index (χ4v) is 3.96. The van der Waals surface area contributed by atoms with Crippen LogP contribution in [-0.2, 0) is 4.79 Å². The van der Waals surface area contributed by atoms with E-state index in [1.54, 1.807) is 0 Å². The Morgan fingerprint density at radius 3 is 2.66 bits per heavy atom. The summed E-state index contributed by atoms with van der Waals surface area (Å²) in [6.45, 7) is 10.6. The summed E-state index contributed by atoms with van der Waals surface area (Å²) in [5, 5.41) is 3.11. The lowest BCUT2D eigenvalue weighted by atomic mass is 9.99. The highest BCUT2D eigenvalue weighted by Gasteiger charge is 2.21. The smallest absolute Gasteiger partial charge is 0.261 e. The number of aryl methyl sites for hydroxylation is 1. The van der Waals surface area contributed by atoms with Crippen LogP contribution in [-0.4, -0.2) is 25.1 Å². The maximum atomic E-state index is 12.8. The first-order chi connectivity index (χ1) is 14.0. The van der Waals surface area contributed by atoms with Crippen LogP contribution >= 0.6 is 0 Å². The van der Waals surface area contributed by atoms with Crippen molar-refractivity contribution in [2.24, 2.45) is 5.92 Å². The van der Waals surface area contributed by atoms with E-state index in [1.807, 2.05) is 45.0 Å². The van der Waals surface area contributed by atoms with Gasteiger partial charge in [-0.2, -0.15) is 0 Å². The predicted octanol–water partition coefficient (Wildman–Crippen LogP) is 5.27. The molecule has 3 atom stereocenters. The first kappa shape index (κ1) is 21.2. The van der Waals surface area contributed by atoms with Gasteiger partial charge in [-0.25, -0.2) is 0 Å². The third kappa shape index (κ3) is 5.75. The maximum absolute atomic E-state index is 12.8. The predicted molar refractivity (Wildman–Crippen MR) is 119 cm³/mol. The third-order valence-electron chi connectivity index (χ3n) is 5.71. The third-order valence-corrected chi connectivity index (χ3v) is 5.71. The van der Waals surface area contributed by atoms with Crippen LogP contribution in [0.3, 0.4) is 0 Å². The number of anilines is 1. The molecule has 1 heterocycles. The summed E-state index contributed by atoms with van der Waals surface area (Å²) in [7, 11) is 0. The molecule has 0 bridgehead atoms. The van der Waals surface area contributed by atoms with Crippen molar-refractivity contribution in [1.82, 2.24) is 5.32 Å². The van der Waals surface area contributed by atoms with Gasteiger partial charge >= 0.3 is 0 Å². The molecule has 0 aromatic heterocycles. The van der Waals surface area contributed by atoms with E-state index in [9.17, 15) is 4.79 Å². The summed E-state index contributed by atoms with van der Waals surface area (Å²) in [5.74, 6) is 1.41. The minimum atomic E-state index is -0.492. The molecule has 29 heavy (non-hydrogen) atoms. The molecule has 1 saturated heterocycles. The Bertz CT molecular complexity index is 803. The van der Waals surface area contributed by atoms with E-state index in [2.05, 4.69) is 41.4 Å². The van der Waals surface area contributed by atoms with Gasteiger partial charge in [0.2, 0.25) is 0 Å². The van der Waals surface area contributed by atoms with E-state index in [4.69, 9.17) is 4.74 Å². The van der Waals surface area contributed by atoms with E-state index in [-0.39, 0.29) is 11.9 Å². The second kappa shape index (κ2) is 9.82. The second-order valence-electron chi connectivity index (χ2n) is 8.35. The van der Waals surface area contributed by atoms with Gasteiger partial charge in [0, 0.05) is 18.8 Å². The largest absolute Gasteiger partial charge is 0.481 e. The normalized spacial score (nSPS) is 18.8. The molecule has 3 rings (SSSR count). The first-order valence-electron chi connectivity index (χ1n) is 10.8. The number of amides is 1. The van der Waals surface area contributed by atoms with Gasteiger partial charge in [0.1, 0.15) is 5.75 Å². The highest BCUT2D eigenvalue weighted by molar-refractivity contribution is 5.81. The zero-order valence-corrected chi connectivity index (χ0v) is 18.2. The number of hydrogen-bond acceptors (Lipinski definition) is 3. The van der Waals surface area contributed by atoms with Crippen molar-refractivity contribution in [3.05, 3.63) is 59.7 Å². The Kier molecular flexibility index (Phi) is 7.18. The standard InChI is InChI=1S/C25H34N2O2/c1-5-24(29-23-10-6-8-18(2)16-23)25(28)26-20(4)21-11-13-22(14-12-21)27-15-7-9-19(3)17-27/h6,8,10-14,16,19-20,24H,5,7,9,15,17H2,1-4H3,(H,26,28)/t19-,20-,24-/m1/s1. The molecule has 2 aromatic carbocycles. The van der Waals surface area contributed by atoms with Gasteiger partial charge in [0.25, 0.3) is 5.91 Å². The Morgan fingerprint density at radius 2 is 2.00 bits per heavy atom. The van der Waals surface area contributed by atoms with E-state index in [0.29, 0.717) is 6.42 Å². The van der Waals surface area contributed by atoms with Crippen molar-refractivity contribution in [2.75, 3.05) is 18.0 Å². The molecular weight excluding hydrogens is 360 g/mol. The zero-order chi connectivity index (χ0) is 20.8. The van der Waals surface area contributed by atoms with E-state index in [0.717, 1.165) is 35.9 Å². The van der Waals surface area contributed by atoms with Gasteiger partial charge in [0.15, 0.2) is 6.10 Å². The molecule has 0 radical (unpaired) electrons. The Balaban J connectivity index is 1.59. The van der Waals surface area contributed by atoms with Crippen LogP contribution in [0.2, 0.25) is 0 Å². The van der Waals surface area contributed by atoms with Crippen molar-refractivity contribution in [1.29, 1.82) is 0 Å². The van der Waals surface area contributed by atoms with Crippen LogP contribution < -0.4 is 15.0 Å². The number of carbonyl (C=O) groups is 1. The number of ether oxygens (including phenoxy) is 1. The number of piperidine rings is 1. The highest BCUT2D eigenvalue weighted by atomic mass is 16.5. The molecule has 0 aliphatic carbocycles. The first-order valence-corrected chi connectivity index (χ1v) is 10.8. The lowest BCUT2D eigenvalue weighted by Crippen LogP contribution is -2.39. The van der Waals surface area contributed by atoms with Gasteiger partial charge in [0.05, 0.1) is 6.04 Å². The molecular formula is C25H34N2O2. The molecule has 0 saturated carbocycles. The number of carbonyl (C=O) groups excluding carboxylic acids is 1. The summed E-state index contributed by atoms with van der Waals surface area (Å²) >= 11 is 0. The highest BCUT2D eigenvalue weighted by Crippen LogP contribution is 2.25. The van der Waals surface area contributed by atoms with Gasteiger partial charge < -0.3 is 15.0 Å². The lowest BCUT2D eigenvalue weighted by molar-refractivity contribution is -0.128. The van der Waals surface area contributed by atoms with Crippen molar-refractivity contribution >= 4 is 11.6 Å². The summed E-state index contributed by atoms with van der Waals surface area (Å²) in [4.78, 5) is 15.2. The van der Waals surface area contributed by atoms with Crippen molar-refractivity contribution in [3.8, 4) is 5.75 Å². The molecule has 4 heteroatoms. The van der Waals surface area contributed by atoms with Gasteiger partial charge in [-0.1, -0.05) is 38.1 Å². The molecule has 1 fully saturated rings. The van der Waals surface area contributed by atoms with E-state index in [1.165, 1.54) is 18.5 Å². The summed E-state index contributed by atoms with van der Waals surface area (Å²) in [6.07, 6.45) is 2.71. The Morgan fingerprint density at radius 1 is 1.24 bits per heavy atom. The Hall–Kier alpha value is -2.49. The molecule has 156 valence electrons. The van der Waals surface area contributed by atoms with Gasteiger partial charge in [-0.15, -0.1) is 0 Å². The van der Waals surface area contributed by atoms with E-state index >= 15 is 0 Å². The lowest BCUT2D eigenvalue weighted by Gasteiger charge is -2.33. The van der Waals surface area contributed by atoms with Crippen LogP contribution in [0.1, 0.15) is 57.2 Å². The number of nitrogens with one attached hydrogen (secondary N) is 1. The molecule has 1 aliphatic rings. The van der Waals surface area contributed by atoms with Crippen molar-refractivity contribution in [3.63, 3.8) is 0 Å². The van der Waals surface area contributed by atoms with Crippen LogP contribution in [0.25, 0.3) is 0 Å². The molecule has 0 spiro atoms. The minimum Gasteiger partial charge on any atom is -0.481 e. The number of nitrogens with zero attached hydrogens (tertiary/aromatic N) is 1. The van der Waals surface area contributed by atoms with Gasteiger partial charge in [-0.3, -0.25) is 4.79 Å². The minimum absolute atomic E-state index is 0.0630. The average Bonchev–Trinajstić information content (AvgIpc) is 2.72. The maximum Gasteiger partial charge on any atom is 0.261 e. The molecule has 1 aliphatic heterocycles. The fourth-order valence-electron chi connectivity index (χ4n) is 3.96. The van der Waals surface area contributed by atoms with Crippen molar-refractivity contribution in [2.45, 2.75) is 59.1 Å². The monoisotopic (exact) mass is 394 g/mol. The zero-order valence-electron chi connectivity index (χ0n) is 18.2. The van der Waals surface area contributed by atoms with E-state index < -0.39 is 6.10 Å². The summed E-state index contributed by atoms with van der Waals surface area (Å²) < 4.78 is 5.93. The second-order valence-corrected chi connectivity index (χ2v) is 8.35. The summed E-state index contributed by atoms with van der Waals surface area (Å²) in [6, 6.07) is 16.4. The van der Waals surface area contributed by atoms with Crippen LogP contribution in [0.5, 0.6) is 5.75 Å². The number of benzene rings is 2. The molecule has 1 N–H and O–H groups in total. The van der Waals surface area contributed by atoms with Crippen LogP contribution in [0, 0.1) is 12.8 Å². The Labute approximate surface area is 175 Å². The van der Waals surface area contributed by atoms with Crippen molar-refractivity contribution < 1.29 is 9.53 Å². The topological polar surface area (TPSA) is 41.6 Å². The summed E-state index contributed by atoms with van der Waals surface area (Å²) in [5.41, 5.74) is 3.50. The quantitative estimate of drug-likeness (QED) is 0.696. The average molecular weight is 395 g/mol. The molecule has 0 unspecified atom stereocenters. The van der Waals surface area contributed by atoms with Crippen LogP contribution in [0.15, 0.2) is 48.5 Å². The molecule has 1 amide bonds. The number of hydrogen-bond donors (Lipinski definition) is 1. The molecule has 2 aromatic rings. The molecule has 4 nitrogen and oxygen atoms in total.